The zero-order valence-electron chi connectivity index (χ0n) is 8.64. The number of benzene rings is 1. The van der Waals surface area contributed by atoms with Gasteiger partial charge in [0.2, 0.25) is 0 Å². The average Bonchev–Trinajstić information content (AvgIpc) is 2.15. The molecule has 7 heteroatoms. The van der Waals surface area contributed by atoms with Crippen molar-refractivity contribution in [2.75, 3.05) is 5.32 Å². The van der Waals surface area contributed by atoms with Crippen LogP contribution in [0.5, 0.6) is 0 Å². The molecule has 0 fully saturated rings. The third-order valence-electron chi connectivity index (χ3n) is 1.94. The smallest absolute Gasteiger partial charge is 0.335 e. The molecule has 0 unspecified atom stereocenters. The molecule has 1 aromatic rings. The van der Waals surface area contributed by atoms with E-state index >= 15 is 0 Å². The van der Waals surface area contributed by atoms with E-state index in [9.17, 15) is 9.59 Å². The van der Waals surface area contributed by atoms with E-state index in [4.69, 9.17) is 15.9 Å². The van der Waals surface area contributed by atoms with Crippen LogP contribution in [0.1, 0.15) is 15.9 Å². The van der Waals surface area contributed by atoms with Crippen LogP contribution in [0.3, 0.4) is 0 Å². The van der Waals surface area contributed by atoms with E-state index in [-0.39, 0.29) is 22.7 Å². The van der Waals surface area contributed by atoms with Crippen LogP contribution in [0.4, 0.5) is 5.69 Å². The van der Waals surface area contributed by atoms with Gasteiger partial charge in [-0.3, -0.25) is 4.79 Å². The first-order valence-electron chi connectivity index (χ1n) is 4.54. The molecule has 0 saturated heterocycles. The lowest BCUT2D eigenvalue weighted by molar-refractivity contribution is -0.136. The van der Waals surface area contributed by atoms with E-state index in [0.29, 0.717) is 5.69 Å². The lowest BCUT2D eigenvalue weighted by atomic mass is 10.0. The van der Waals surface area contributed by atoms with Crippen LogP contribution in [0, 0.1) is 0 Å². The van der Waals surface area contributed by atoms with Crippen molar-refractivity contribution in [1.29, 1.82) is 0 Å². The number of anilines is 1. The van der Waals surface area contributed by atoms with Gasteiger partial charge in [-0.25, -0.2) is 4.79 Å². The second-order valence-corrected chi connectivity index (χ2v) is 3.68. The van der Waals surface area contributed by atoms with Gasteiger partial charge in [-0.15, -0.1) is 0 Å². The van der Waals surface area contributed by atoms with E-state index in [1.807, 2.05) is 0 Å². The highest BCUT2D eigenvalue weighted by atomic mass is 32.1. The molecule has 0 atom stereocenters. The summed E-state index contributed by atoms with van der Waals surface area (Å²) in [5.74, 6) is -2.29. The van der Waals surface area contributed by atoms with Gasteiger partial charge in [0, 0.05) is 5.69 Å². The Morgan fingerprint density at radius 3 is 2.47 bits per heavy atom. The van der Waals surface area contributed by atoms with Crippen LogP contribution in [0.25, 0.3) is 0 Å². The van der Waals surface area contributed by atoms with Crippen molar-refractivity contribution in [2.45, 2.75) is 6.42 Å². The molecule has 0 saturated carbocycles. The molecule has 1 aromatic carbocycles. The number of aromatic carboxylic acids is 1. The van der Waals surface area contributed by atoms with E-state index < -0.39 is 11.9 Å². The molecule has 0 spiro atoms. The molecule has 0 radical (unpaired) electrons. The quantitative estimate of drug-likeness (QED) is 0.584. The normalized spacial score (nSPS) is 9.65. The van der Waals surface area contributed by atoms with Crippen LogP contribution < -0.4 is 11.1 Å². The molecule has 1 rings (SSSR count). The minimum Gasteiger partial charge on any atom is -0.481 e. The summed E-state index contributed by atoms with van der Waals surface area (Å²) in [4.78, 5) is 21.5. The van der Waals surface area contributed by atoms with Crippen LogP contribution in [0.2, 0.25) is 0 Å². The highest BCUT2D eigenvalue weighted by Gasteiger charge is 2.13. The maximum atomic E-state index is 10.9. The summed E-state index contributed by atoms with van der Waals surface area (Å²) in [7, 11) is 0. The summed E-state index contributed by atoms with van der Waals surface area (Å²) in [5, 5.41) is 20.2. The Kier molecular flexibility index (Phi) is 4.00. The summed E-state index contributed by atoms with van der Waals surface area (Å²) >= 11 is 4.63. The number of thiocarbonyl (C=S) groups is 1. The van der Waals surface area contributed by atoms with E-state index in [1.54, 1.807) is 0 Å². The van der Waals surface area contributed by atoms with Crippen LogP contribution >= 0.6 is 12.2 Å². The number of carboxylic acid groups (broad SMARTS) is 2. The SMILES string of the molecule is NC(=S)Nc1ccc(C(=O)O)c(CC(=O)O)c1. The number of aliphatic carboxylic acids is 1. The molecule has 0 amide bonds. The summed E-state index contributed by atoms with van der Waals surface area (Å²) in [6.07, 6.45) is -0.380. The van der Waals surface area contributed by atoms with Gasteiger partial charge in [-0.2, -0.15) is 0 Å². The van der Waals surface area contributed by atoms with Gasteiger partial charge >= 0.3 is 11.9 Å². The predicted molar refractivity (Wildman–Crippen MR) is 65.1 cm³/mol. The topological polar surface area (TPSA) is 113 Å². The Balaban J connectivity index is 3.13. The highest BCUT2D eigenvalue weighted by Crippen LogP contribution is 2.17. The average molecular weight is 254 g/mol. The summed E-state index contributed by atoms with van der Waals surface area (Å²) in [6, 6.07) is 4.17. The third-order valence-corrected chi connectivity index (χ3v) is 2.05. The number of rotatable bonds is 4. The van der Waals surface area contributed by atoms with E-state index in [0.717, 1.165) is 0 Å². The first-order valence-corrected chi connectivity index (χ1v) is 4.95. The molecule has 17 heavy (non-hydrogen) atoms. The van der Waals surface area contributed by atoms with Crippen molar-refractivity contribution in [2.24, 2.45) is 5.73 Å². The maximum Gasteiger partial charge on any atom is 0.335 e. The van der Waals surface area contributed by atoms with Gasteiger partial charge in [-0.1, -0.05) is 0 Å². The molecule has 0 aliphatic rings. The Hall–Kier alpha value is -2.15. The number of carboxylic acids is 2. The standard InChI is InChI=1S/C10H10N2O4S/c11-10(17)12-6-1-2-7(9(15)16)5(3-6)4-8(13)14/h1-3H,4H2,(H,13,14)(H,15,16)(H3,11,12,17). The monoisotopic (exact) mass is 254 g/mol. The molecule has 0 aliphatic carbocycles. The van der Waals surface area contributed by atoms with Crippen molar-refractivity contribution < 1.29 is 19.8 Å². The lowest BCUT2D eigenvalue weighted by Gasteiger charge is -2.08. The zero-order chi connectivity index (χ0) is 13.0. The number of carbonyl (C=O) groups is 2. The minimum absolute atomic E-state index is 0.0225. The Morgan fingerprint density at radius 2 is 2.00 bits per heavy atom. The third kappa shape index (κ3) is 3.72. The Labute approximate surface area is 102 Å². The van der Waals surface area contributed by atoms with Gasteiger partial charge in [0.1, 0.15) is 0 Å². The van der Waals surface area contributed by atoms with Crippen molar-refractivity contribution in [3.05, 3.63) is 29.3 Å². The summed E-state index contributed by atoms with van der Waals surface area (Å²) < 4.78 is 0. The second-order valence-electron chi connectivity index (χ2n) is 3.24. The molecule has 0 aromatic heterocycles. The number of nitrogens with two attached hydrogens (primary N) is 1. The minimum atomic E-state index is -1.18. The second kappa shape index (κ2) is 5.26. The van der Waals surface area contributed by atoms with E-state index in [1.165, 1.54) is 18.2 Å². The van der Waals surface area contributed by atoms with Gasteiger partial charge in [-0.05, 0) is 36.0 Å². The van der Waals surface area contributed by atoms with Gasteiger partial charge < -0.3 is 21.3 Å². The molecule has 0 heterocycles. The lowest BCUT2D eigenvalue weighted by Crippen LogP contribution is -2.19. The highest BCUT2D eigenvalue weighted by molar-refractivity contribution is 7.80. The fourth-order valence-corrected chi connectivity index (χ4v) is 1.45. The molecule has 0 aliphatic heterocycles. The van der Waals surface area contributed by atoms with Crippen molar-refractivity contribution in [1.82, 2.24) is 0 Å². The van der Waals surface area contributed by atoms with Crippen LogP contribution in [-0.2, 0) is 11.2 Å². The van der Waals surface area contributed by atoms with Gasteiger partial charge in [0.25, 0.3) is 0 Å². The Bertz CT molecular complexity index is 487. The fourth-order valence-electron chi connectivity index (χ4n) is 1.33. The summed E-state index contributed by atoms with van der Waals surface area (Å²) in [6.45, 7) is 0. The Morgan fingerprint density at radius 1 is 1.35 bits per heavy atom. The molecule has 6 nitrogen and oxygen atoms in total. The molecule has 90 valence electrons. The van der Waals surface area contributed by atoms with Gasteiger partial charge in [0.15, 0.2) is 5.11 Å². The van der Waals surface area contributed by atoms with Gasteiger partial charge in [0.05, 0.1) is 12.0 Å². The zero-order valence-corrected chi connectivity index (χ0v) is 9.45. The van der Waals surface area contributed by atoms with E-state index in [2.05, 4.69) is 17.5 Å². The van der Waals surface area contributed by atoms with Crippen LogP contribution in [-0.4, -0.2) is 27.3 Å². The van der Waals surface area contributed by atoms with Crippen molar-refractivity contribution in [3.8, 4) is 0 Å². The summed E-state index contributed by atoms with van der Waals surface area (Å²) in [5.41, 5.74) is 5.85. The number of nitrogens with one attached hydrogen (secondary N) is 1. The first-order chi connectivity index (χ1) is 7.90. The first kappa shape index (κ1) is 12.9. The van der Waals surface area contributed by atoms with Crippen molar-refractivity contribution >= 4 is 35.0 Å². The molecule has 0 bridgehead atoms. The largest absolute Gasteiger partial charge is 0.481 e. The number of hydrogen-bond donors (Lipinski definition) is 4. The molecular formula is C10H10N2O4S. The number of hydrogen-bond acceptors (Lipinski definition) is 3. The molecular weight excluding hydrogens is 244 g/mol. The fraction of sp³-hybridized carbons (Fsp3) is 0.100. The maximum absolute atomic E-state index is 10.9. The molecule has 5 N–H and O–H groups in total. The van der Waals surface area contributed by atoms with Crippen molar-refractivity contribution in [3.63, 3.8) is 0 Å². The predicted octanol–water partition coefficient (Wildman–Crippen LogP) is 0.667. The van der Waals surface area contributed by atoms with Crippen LogP contribution in [0.15, 0.2) is 18.2 Å².